The number of methoxy groups -OCH3 is 1. The van der Waals surface area contributed by atoms with Crippen molar-refractivity contribution in [1.29, 1.82) is 0 Å². The molecule has 38 heavy (non-hydrogen) atoms. The topological polar surface area (TPSA) is 82.4 Å². The quantitative estimate of drug-likeness (QED) is 0.356. The van der Waals surface area contributed by atoms with Crippen LogP contribution >= 0.6 is 0 Å². The Morgan fingerprint density at radius 2 is 1.84 bits per heavy atom. The fourth-order valence-corrected chi connectivity index (χ4v) is 5.39. The van der Waals surface area contributed by atoms with Crippen LogP contribution in [0.1, 0.15) is 59.9 Å². The molecule has 0 fully saturated rings. The van der Waals surface area contributed by atoms with Crippen LogP contribution in [0, 0.1) is 5.82 Å². The zero-order valence-electron chi connectivity index (χ0n) is 21.1. The first-order chi connectivity index (χ1) is 18.1. The second-order valence-electron chi connectivity index (χ2n) is 9.95. The zero-order chi connectivity index (χ0) is 26.9. The average molecular weight is 524 g/mol. The Bertz CT molecular complexity index is 1590. The number of ether oxygens (including phenoxy) is 2. The number of imidazole rings is 1. The van der Waals surface area contributed by atoms with E-state index in [0.29, 0.717) is 40.2 Å². The van der Waals surface area contributed by atoms with Crippen LogP contribution in [0.2, 0.25) is 0 Å². The summed E-state index contributed by atoms with van der Waals surface area (Å²) >= 11 is 0. The van der Waals surface area contributed by atoms with Gasteiger partial charge in [0.05, 0.1) is 23.1 Å². The summed E-state index contributed by atoms with van der Waals surface area (Å²) < 4.78 is 54.1. The number of aromatic nitrogens is 4. The number of alkyl halides is 2. The summed E-state index contributed by atoms with van der Waals surface area (Å²) in [5.74, 6) is 0.131. The molecule has 0 spiro atoms. The number of hydrogen-bond acceptors (Lipinski definition) is 6. The van der Waals surface area contributed by atoms with Gasteiger partial charge in [-0.1, -0.05) is 6.07 Å². The van der Waals surface area contributed by atoms with E-state index >= 15 is 4.39 Å². The molecule has 0 aliphatic carbocycles. The summed E-state index contributed by atoms with van der Waals surface area (Å²) in [7, 11) is 3.21. The number of fused-ring (bicyclic) bond motifs is 9. The number of halogens is 3. The van der Waals surface area contributed by atoms with Crippen molar-refractivity contribution in [1.82, 2.24) is 24.4 Å². The van der Waals surface area contributed by atoms with Crippen molar-refractivity contribution in [2.45, 2.75) is 44.6 Å². The predicted molar refractivity (Wildman–Crippen MR) is 131 cm³/mol. The number of nitrogens with zero attached hydrogens (tertiary/aromatic N) is 5. The Balaban J connectivity index is 1.53. The van der Waals surface area contributed by atoms with E-state index in [-0.39, 0.29) is 22.8 Å². The smallest absolute Gasteiger partial charge is 0.387 e. The van der Waals surface area contributed by atoms with Crippen LogP contribution in [0.25, 0.3) is 22.2 Å². The lowest BCUT2D eigenvalue weighted by atomic mass is 9.97. The Kier molecular flexibility index (Phi) is 5.46. The van der Waals surface area contributed by atoms with E-state index in [4.69, 9.17) is 9.47 Å². The largest absolute Gasteiger partial charge is 0.434 e. The van der Waals surface area contributed by atoms with E-state index in [1.807, 2.05) is 18.4 Å². The van der Waals surface area contributed by atoms with E-state index in [1.54, 1.807) is 31.2 Å². The number of amides is 1. The molecule has 2 bridgehead atoms. The minimum Gasteiger partial charge on any atom is -0.434 e. The van der Waals surface area contributed by atoms with Crippen molar-refractivity contribution in [3.05, 3.63) is 71.3 Å². The molecule has 4 aromatic rings. The fraction of sp³-hybridized carbons (Fsp3) is 0.333. The predicted octanol–water partition coefficient (Wildman–Crippen LogP) is 5.24. The normalized spacial score (nSPS) is 18.6. The zero-order valence-corrected chi connectivity index (χ0v) is 21.1. The van der Waals surface area contributed by atoms with Crippen molar-refractivity contribution < 1.29 is 27.4 Å². The number of rotatable bonds is 5. The van der Waals surface area contributed by atoms with E-state index in [2.05, 4.69) is 15.0 Å². The summed E-state index contributed by atoms with van der Waals surface area (Å²) in [5, 5.41) is 0. The van der Waals surface area contributed by atoms with Crippen LogP contribution in [0.5, 0.6) is 5.75 Å². The summed E-state index contributed by atoms with van der Waals surface area (Å²) in [5.41, 5.74) is 1.67. The fourth-order valence-electron chi connectivity index (χ4n) is 5.39. The van der Waals surface area contributed by atoms with Gasteiger partial charge in [0.15, 0.2) is 5.82 Å². The van der Waals surface area contributed by atoms with Gasteiger partial charge in [-0.2, -0.15) is 8.78 Å². The number of hydrogen-bond donors (Lipinski definition) is 0. The van der Waals surface area contributed by atoms with Crippen molar-refractivity contribution in [3.8, 4) is 16.9 Å². The average Bonchev–Trinajstić information content (AvgIpc) is 3.40. The molecule has 6 rings (SSSR count). The first-order valence-corrected chi connectivity index (χ1v) is 12.0. The highest BCUT2D eigenvalue weighted by molar-refractivity contribution is 5.98. The monoisotopic (exact) mass is 523 g/mol. The van der Waals surface area contributed by atoms with Crippen LogP contribution in [0.4, 0.5) is 13.2 Å². The maximum absolute atomic E-state index is 15.3. The van der Waals surface area contributed by atoms with Crippen LogP contribution in [-0.2, 0) is 10.3 Å². The SMILES string of the molecule is COC(C)(C)c1ncc(-c2cc3c(cc2F)nc2n3C3CC2N(C)C(=O)c2cccc(OC(F)F)c23)cn1. The van der Waals surface area contributed by atoms with Gasteiger partial charge in [-0.15, -0.1) is 0 Å². The molecule has 8 nitrogen and oxygen atoms in total. The van der Waals surface area contributed by atoms with Crippen LogP contribution in [-0.4, -0.2) is 51.1 Å². The minimum atomic E-state index is -3.06. The molecule has 2 aliphatic rings. The van der Waals surface area contributed by atoms with E-state index < -0.39 is 30.1 Å². The first kappa shape index (κ1) is 24.4. The Labute approximate surface area is 216 Å². The van der Waals surface area contributed by atoms with Crippen molar-refractivity contribution >= 4 is 16.9 Å². The highest BCUT2D eigenvalue weighted by Crippen LogP contribution is 2.50. The number of carbonyl (C=O) groups is 1. The van der Waals surface area contributed by atoms with Gasteiger partial charge in [-0.25, -0.2) is 19.3 Å². The maximum Gasteiger partial charge on any atom is 0.387 e. The van der Waals surface area contributed by atoms with Crippen LogP contribution < -0.4 is 4.74 Å². The van der Waals surface area contributed by atoms with Gasteiger partial charge in [0.25, 0.3) is 5.91 Å². The lowest BCUT2D eigenvalue weighted by Crippen LogP contribution is -2.30. The Hall–Kier alpha value is -3.99. The van der Waals surface area contributed by atoms with Crippen LogP contribution in [0.15, 0.2) is 42.7 Å². The molecule has 0 radical (unpaired) electrons. The summed E-state index contributed by atoms with van der Waals surface area (Å²) in [6.07, 6.45) is 3.50. The van der Waals surface area contributed by atoms with Gasteiger partial charge in [0, 0.05) is 61.3 Å². The van der Waals surface area contributed by atoms with Gasteiger partial charge in [-0.05, 0) is 32.0 Å². The van der Waals surface area contributed by atoms with E-state index in [0.717, 1.165) is 0 Å². The molecule has 2 aliphatic heterocycles. The molecular formula is C27H24F3N5O3. The van der Waals surface area contributed by atoms with Gasteiger partial charge in [-0.3, -0.25) is 4.79 Å². The molecule has 4 heterocycles. The molecule has 1 amide bonds. The molecule has 0 saturated heterocycles. The van der Waals surface area contributed by atoms with Crippen molar-refractivity contribution in [2.24, 2.45) is 0 Å². The highest BCUT2D eigenvalue weighted by Gasteiger charge is 2.45. The molecule has 0 saturated carbocycles. The van der Waals surface area contributed by atoms with E-state index in [1.165, 1.54) is 30.6 Å². The molecule has 2 aromatic heterocycles. The van der Waals surface area contributed by atoms with Gasteiger partial charge < -0.3 is 18.9 Å². The third kappa shape index (κ3) is 3.56. The Morgan fingerprint density at radius 1 is 1.11 bits per heavy atom. The third-order valence-corrected chi connectivity index (χ3v) is 7.51. The maximum atomic E-state index is 15.3. The van der Waals surface area contributed by atoms with Gasteiger partial charge in [0.1, 0.15) is 23.0 Å². The lowest BCUT2D eigenvalue weighted by molar-refractivity contribution is -0.0507. The number of benzene rings is 2. The highest BCUT2D eigenvalue weighted by atomic mass is 19.3. The lowest BCUT2D eigenvalue weighted by Gasteiger charge is -2.24. The summed E-state index contributed by atoms with van der Waals surface area (Å²) in [6.45, 7) is 0.605. The molecule has 2 atom stereocenters. The molecule has 2 aromatic carbocycles. The molecule has 2 unspecified atom stereocenters. The van der Waals surface area contributed by atoms with Crippen molar-refractivity contribution in [3.63, 3.8) is 0 Å². The van der Waals surface area contributed by atoms with Crippen LogP contribution in [0.3, 0.4) is 0 Å². The number of carbonyl (C=O) groups excluding carboxylic acids is 1. The minimum absolute atomic E-state index is 0.0633. The summed E-state index contributed by atoms with van der Waals surface area (Å²) in [4.78, 5) is 28.2. The van der Waals surface area contributed by atoms with Crippen molar-refractivity contribution in [2.75, 3.05) is 14.2 Å². The molecule has 11 heteroatoms. The third-order valence-electron chi connectivity index (χ3n) is 7.51. The summed E-state index contributed by atoms with van der Waals surface area (Å²) in [6, 6.07) is 6.62. The van der Waals surface area contributed by atoms with Gasteiger partial charge >= 0.3 is 6.61 Å². The standard InChI is InChI=1S/C27H24F3N5O3/c1-27(2,37-4)25-31-11-13(12-32-25)15-8-18-17(9-16(15)28)33-23-20-10-19(35(18)23)22-14(24(36)34(20)3)6-5-7-21(22)38-26(29)30/h5-9,11-12,19-20,26H,10H2,1-4H3. The first-order valence-electron chi connectivity index (χ1n) is 12.0. The molecule has 196 valence electrons. The molecule has 0 N–H and O–H groups in total. The van der Waals surface area contributed by atoms with E-state index in [9.17, 15) is 13.6 Å². The second-order valence-corrected chi connectivity index (χ2v) is 9.95. The second kappa shape index (κ2) is 8.52. The molecular weight excluding hydrogens is 499 g/mol. The van der Waals surface area contributed by atoms with Gasteiger partial charge in [0.2, 0.25) is 0 Å². The Morgan fingerprint density at radius 3 is 2.53 bits per heavy atom.